The predicted octanol–water partition coefficient (Wildman–Crippen LogP) is 2.02. The van der Waals surface area contributed by atoms with Crippen molar-refractivity contribution < 1.29 is 14.7 Å². The zero-order chi connectivity index (χ0) is 14.4. The number of aliphatic carboxylic acids is 1. The van der Waals surface area contributed by atoms with Crippen LogP contribution in [-0.2, 0) is 4.79 Å². The normalized spacial score (nSPS) is 24.9. The van der Waals surface area contributed by atoms with Crippen molar-refractivity contribution in [2.75, 3.05) is 18.6 Å². The molecule has 0 saturated carbocycles. The molecule has 0 radical (unpaired) electrons. The van der Waals surface area contributed by atoms with Crippen LogP contribution in [0.15, 0.2) is 0 Å². The van der Waals surface area contributed by atoms with Gasteiger partial charge in [-0.2, -0.15) is 11.8 Å². The Labute approximate surface area is 119 Å². The first-order chi connectivity index (χ1) is 8.95. The van der Waals surface area contributed by atoms with Crippen LogP contribution in [0.25, 0.3) is 0 Å². The van der Waals surface area contributed by atoms with E-state index in [2.05, 4.69) is 12.2 Å². The number of nitrogens with one attached hydrogen (secondary N) is 1. The summed E-state index contributed by atoms with van der Waals surface area (Å²) in [5.74, 6) is 0.398. The van der Waals surface area contributed by atoms with Crippen LogP contribution in [0.1, 0.15) is 33.1 Å². The highest BCUT2D eigenvalue weighted by molar-refractivity contribution is 7.98. The lowest BCUT2D eigenvalue weighted by Gasteiger charge is -2.37. The third-order valence-electron chi connectivity index (χ3n) is 3.61. The van der Waals surface area contributed by atoms with E-state index in [0.717, 1.165) is 18.6 Å². The molecule has 0 aromatic rings. The van der Waals surface area contributed by atoms with E-state index >= 15 is 0 Å². The number of carboxylic acids is 1. The Hall–Kier alpha value is -0.910. The number of piperidine rings is 1. The lowest BCUT2D eigenvalue weighted by molar-refractivity contribution is -0.139. The van der Waals surface area contributed by atoms with Crippen molar-refractivity contribution in [3.05, 3.63) is 0 Å². The summed E-state index contributed by atoms with van der Waals surface area (Å²) in [4.78, 5) is 25.0. The first-order valence-corrected chi connectivity index (χ1v) is 8.14. The summed E-state index contributed by atoms with van der Waals surface area (Å²) < 4.78 is 0. The van der Waals surface area contributed by atoms with Crippen molar-refractivity contribution in [2.24, 2.45) is 5.92 Å². The van der Waals surface area contributed by atoms with Crippen molar-refractivity contribution in [1.29, 1.82) is 0 Å². The smallest absolute Gasteiger partial charge is 0.326 e. The first kappa shape index (κ1) is 16.1. The van der Waals surface area contributed by atoms with Crippen LogP contribution in [0.4, 0.5) is 4.79 Å². The van der Waals surface area contributed by atoms with Crippen molar-refractivity contribution in [3.8, 4) is 0 Å². The molecule has 110 valence electrons. The molecule has 0 spiro atoms. The molecular weight excluding hydrogens is 264 g/mol. The molecule has 2 unspecified atom stereocenters. The van der Waals surface area contributed by atoms with Gasteiger partial charge < -0.3 is 15.3 Å². The monoisotopic (exact) mass is 288 g/mol. The molecule has 19 heavy (non-hydrogen) atoms. The average Bonchev–Trinajstić information content (AvgIpc) is 2.33. The van der Waals surface area contributed by atoms with E-state index in [-0.39, 0.29) is 12.1 Å². The molecule has 0 bridgehead atoms. The minimum Gasteiger partial charge on any atom is -0.480 e. The van der Waals surface area contributed by atoms with Crippen LogP contribution in [-0.4, -0.2) is 52.6 Å². The van der Waals surface area contributed by atoms with Gasteiger partial charge in [0.1, 0.15) is 6.04 Å². The number of rotatable bonds is 5. The molecule has 1 saturated heterocycles. The maximum atomic E-state index is 12.1. The molecule has 1 aliphatic rings. The summed E-state index contributed by atoms with van der Waals surface area (Å²) in [6.07, 6.45) is 4.35. The van der Waals surface area contributed by atoms with Gasteiger partial charge in [-0.3, -0.25) is 0 Å². The fourth-order valence-electron chi connectivity index (χ4n) is 2.43. The third-order valence-corrected chi connectivity index (χ3v) is 4.25. The van der Waals surface area contributed by atoms with Crippen molar-refractivity contribution in [3.63, 3.8) is 0 Å². The number of hydrogen-bond donors (Lipinski definition) is 2. The Morgan fingerprint density at radius 1 is 1.47 bits per heavy atom. The number of thioether (sulfide) groups is 1. The maximum Gasteiger partial charge on any atom is 0.326 e. The number of carbonyl (C=O) groups is 2. The maximum absolute atomic E-state index is 12.1. The Balaban J connectivity index is 2.53. The second-order valence-electron chi connectivity index (χ2n) is 5.29. The van der Waals surface area contributed by atoms with E-state index in [1.807, 2.05) is 13.2 Å². The lowest BCUT2D eigenvalue weighted by atomic mass is 9.94. The Bertz CT molecular complexity index is 325. The van der Waals surface area contributed by atoms with Crippen LogP contribution in [0.5, 0.6) is 0 Å². The van der Waals surface area contributed by atoms with Gasteiger partial charge in [-0.15, -0.1) is 0 Å². The molecule has 1 rings (SSSR count). The first-order valence-electron chi connectivity index (χ1n) is 6.74. The van der Waals surface area contributed by atoms with Crippen LogP contribution in [0, 0.1) is 5.92 Å². The van der Waals surface area contributed by atoms with Crippen molar-refractivity contribution in [2.45, 2.75) is 45.2 Å². The number of hydrogen-bond acceptors (Lipinski definition) is 3. The minimum absolute atomic E-state index is 0.179. The predicted molar refractivity (Wildman–Crippen MR) is 77.5 cm³/mol. The summed E-state index contributed by atoms with van der Waals surface area (Å²) in [6.45, 7) is 4.92. The number of carboxylic acid groups (broad SMARTS) is 1. The second-order valence-corrected chi connectivity index (χ2v) is 6.28. The molecule has 2 N–H and O–H groups in total. The zero-order valence-corrected chi connectivity index (χ0v) is 12.7. The van der Waals surface area contributed by atoms with Gasteiger partial charge in [-0.25, -0.2) is 9.59 Å². The molecule has 0 aromatic carbocycles. The van der Waals surface area contributed by atoms with Gasteiger partial charge in [0, 0.05) is 12.6 Å². The summed E-state index contributed by atoms with van der Waals surface area (Å²) in [5.41, 5.74) is 0. The fraction of sp³-hybridized carbons (Fsp3) is 0.846. The Morgan fingerprint density at radius 2 is 2.16 bits per heavy atom. The van der Waals surface area contributed by atoms with Crippen molar-refractivity contribution in [1.82, 2.24) is 10.2 Å². The van der Waals surface area contributed by atoms with Crippen molar-refractivity contribution >= 4 is 23.8 Å². The molecule has 1 fully saturated rings. The van der Waals surface area contributed by atoms with E-state index < -0.39 is 12.0 Å². The van der Waals surface area contributed by atoms with Crippen LogP contribution in [0.2, 0.25) is 0 Å². The van der Waals surface area contributed by atoms with Gasteiger partial charge in [0.2, 0.25) is 0 Å². The topological polar surface area (TPSA) is 69.6 Å². The summed E-state index contributed by atoms with van der Waals surface area (Å²) in [5, 5.41) is 11.8. The van der Waals surface area contributed by atoms with E-state index in [9.17, 15) is 9.59 Å². The lowest BCUT2D eigenvalue weighted by Crippen LogP contribution is -2.53. The largest absolute Gasteiger partial charge is 0.480 e. The quantitative estimate of drug-likeness (QED) is 0.812. The molecule has 0 aromatic heterocycles. The highest BCUT2D eigenvalue weighted by Crippen LogP contribution is 2.22. The molecule has 1 aliphatic heterocycles. The second kappa shape index (κ2) is 7.62. The number of carbonyl (C=O) groups excluding carboxylic acids is 1. The van der Waals surface area contributed by atoms with E-state index in [1.54, 1.807) is 16.7 Å². The van der Waals surface area contributed by atoms with Crippen LogP contribution < -0.4 is 5.32 Å². The highest BCUT2D eigenvalue weighted by Gasteiger charge is 2.29. The molecule has 5 nitrogen and oxygen atoms in total. The molecule has 6 heteroatoms. The minimum atomic E-state index is -0.958. The fourth-order valence-corrected chi connectivity index (χ4v) is 2.91. The molecule has 0 aliphatic carbocycles. The molecule has 1 heterocycles. The van der Waals surface area contributed by atoms with Gasteiger partial charge in [0.05, 0.1) is 0 Å². The summed E-state index contributed by atoms with van der Waals surface area (Å²) >= 11 is 1.58. The molecule has 3 atom stereocenters. The zero-order valence-electron chi connectivity index (χ0n) is 11.9. The highest BCUT2D eigenvalue weighted by atomic mass is 32.2. The number of nitrogens with zero attached hydrogens (tertiary/aromatic N) is 1. The third kappa shape index (κ3) is 4.93. The van der Waals surface area contributed by atoms with Gasteiger partial charge in [0.15, 0.2) is 0 Å². The number of urea groups is 1. The Morgan fingerprint density at radius 3 is 2.68 bits per heavy atom. The van der Waals surface area contributed by atoms with Gasteiger partial charge in [-0.05, 0) is 44.1 Å². The standard InChI is InChI=1S/C13H24N2O3S/c1-9-4-6-15(10(2)8-9)13(18)14-11(12(16)17)5-7-19-3/h9-11H,4-8H2,1-3H3,(H,14,18)(H,16,17)/t9?,10?,11-/m1/s1. The van der Waals surface area contributed by atoms with Gasteiger partial charge in [-0.1, -0.05) is 6.92 Å². The van der Waals surface area contributed by atoms with Crippen LogP contribution in [0.3, 0.4) is 0 Å². The van der Waals surface area contributed by atoms with E-state index in [1.165, 1.54) is 0 Å². The van der Waals surface area contributed by atoms with E-state index in [4.69, 9.17) is 5.11 Å². The molecule has 2 amide bonds. The SMILES string of the molecule is CSCC[C@@H](NC(=O)N1CCC(C)CC1C)C(=O)O. The average molecular weight is 288 g/mol. The Kier molecular flexibility index (Phi) is 6.48. The van der Waals surface area contributed by atoms with Crippen LogP contribution >= 0.6 is 11.8 Å². The van der Waals surface area contributed by atoms with E-state index in [0.29, 0.717) is 18.9 Å². The van der Waals surface area contributed by atoms with Gasteiger partial charge in [0.25, 0.3) is 0 Å². The van der Waals surface area contributed by atoms with Gasteiger partial charge >= 0.3 is 12.0 Å². The summed E-state index contributed by atoms with van der Waals surface area (Å²) in [6, 6.07) is -0.849. The summed E-state index contributed by atoms with van der Waals surface area (Å²) in [7, 11) is 0. The molecular formula is C13H24N2O3S. The number of amides is 2. The number of likely N-dealkylation sites (tertiary alicyclic amines) is 1.